The zero-order chi connectivity index (χ0) is 15.4. The van der Waals surface area contributed by atoms with Gasteiger partial charge in [0.15, 0.2) is 0 Å². The molecule has 0 bridgehead atoms. The fraction of sp³-hybridized carbons (Fsp3) is 0.500. The van der Waals surface area contributed by atoms with Gasteiger partial charge in [0.1, 0.15) is 0 Å². The molecule has 20 heavy (non-hydrogen) atoms. The Kier molecular flexibility index (Phi) is 6.03. The van der Waals surface area contributed by atoms with Gasteiger partial charge in [-0.2, -0.15) is 13.2 Å². The molecule has 0 aliphatic rings. The summed E-state index contributed by atoms with van der Waals surface area (Å²) in [6.45, 7) is 1.64. The largest absolute Gasteiger partial charge is 0.389 e. The molecule has 0 spiro atoms. The molecule has 1 N–H and O–H groups in total. The van der Waals surface area contributed by atoms with Crippen LogP contribution in [0.15, 0.2) is 28.7 Å². The van der Waals surface area contributed by atoms with Crippen LogP contribution in [0.25, 0.3) is 0 Å². The van der Waals surface area contributed by atoms with Crippen LogP contribution in [0.5, 0.6) is 0 Å². The molecule has 0 aliphatic carbocycles. The van der Waals surface area contributed by atoms with E-state index >= 15 is 0 Å². The molecule has 1 aromatic carbocycles. The first-order valence-corrected chi connectivity index (χ1v) is 8.36. The van der Waals surface area contributed by atoms with Crippen LogP contribution >= 0.6 is 15.9 Å². The van der Waals surface area contributed by atoms with Gasteiger partial charge < -0.3 is 0 Å². The second-order valence-electron chi connectivity index (χ2n) is 4.43. The van der Waals surface area contributed by atoms with Gasteiger partial charge in [0, 0.05) is 16.9 Å². The molecule has 0 amide bonds. The number of hydrogen-bond donors (Lipinski definition) is 1. The van der Waals surface area contributed by atoms with Crippen LogP contribution in [0, 0.1) is 0 Å². The van der Waals surface area contributed by atoms with Crippen LogP contribution < -0.4 is 4.72 Å². The van der Waals surface area contributed by atoms with Crippen molar-refractivity contribution in [1.82, 2.24) is 4.72 Å². The van der Waals surface area contributed by atoms with Crippen molar-refractivity contribution in [3.63, 3.8) is 0 Å². The van der Waals surface area contributed by atoms with E-state index in [-0.39, 0.29) is 0 Å². The smallest absolute Gasteiger partial charge is 0.212 e. The Morgan fingerprint density at radius 3 is 2.30 bits per heavy atom. The summed E-state index contributed by atoms with van der Waals surface area (Å²) in [6.07, 6.45) is -5.86. The van der Waals surface area contributed by atoms with Crippen molar-refractivity contribution < 1.29 is 21.6 Å². The monoisotopic (exact) mass is 373 g/mol. The Morgan fingerprint density at radius 1 is 1.25 bits per heavy atom. The summed E-state index contributed by atoms with van der Waals surface area (Å²) in [5.74, 6) is -0.534. The summed E-state index contributed by atoms with van der Waals surface area (Å²) in [4.78, 5) is 0. The fourth-order valence-electron chi connectivity index (χ4n) is 1.61. The zero-order valence-electron chi connectivity index (χ0n) is 10.7. The molecule has 0 fully saturated rings. The molecular formula is C12H15BrF3NO2S. The van der Waals surface area contributed by atoms with Gasteiger partial charge in [0.25, 0.3) is 0 Å². The Labute approximate surface area is 124 Å². The second-order valence-corrected chi connectivity index (χ2v) is 7.22. The fourth-order valence-corrected chi connectivity index (χ4v) is 3.19. The molecule has 0 aliphatic heterocycles. The van der Waals surface area contributed by atoms with Crippen molar-refractivity contribution >= 4 is 26.0 Å². The maximum Gasteiger partial charge on any atom is 0.389 e. The molecule has 0 saturated carbocycles. The Morgan fingerprint density at radius 2 is 1.80 bits per heavy atom. The SMILES string of the molecule is CC(NS(=O)(=O)CCCC(F)(F)F)c1ccc(Br)cc1. The van der Waals surface area contributed by atoms with Crippen molar-refractivity contribution in [2.45, 2.75) is 32.0 Å². The molecule has 0 heterocycles. The van der Waals surface area contributed by atoms with Crippen LogP contribution in [0.4, 0.5) is 13.2 Å². The van der Waals surface area contributed by atoms with E-state index in [9.17, 15) is 21.6 Å². The van der Waals surface area contributed by atoms with Crippen LogP contribution in [-0.2, 0) is 10.0 Å². The molecule has 1 atom stereocenters. The highest BCUT2D eigenvalue weighted by atomic mass is 79.9. The minimum Gasteiger partial charge on any atom is -0.212 e. The molecule has 0 aromatic heterocycles. The molecule has 8 heteroatoms. The molecule has 0 radical (unpaired) electrons. The highest BCUT2D eigenvalue weighted by molar-refractivity contribution is 9.10. The van der Waals surface area contributed by atoms with Crippen molar-refractivity contribution in [3.05, 3.63) is 34.3 Å². The zero-order valence-corrected chi connectivity index (χ0v) is 13.1. The predicted molar refractivity (Wildman–Crippen MR) is 74.8 cm³/mol. The lowest BCUT2D eigenvalue weighted by Crippen LogP contribution is -2.29. The van der Waals surface area contributed by atoms with Gasteiger partial charge in [-0.1, -0.05) is 28.1 Å². The van der Waals surface area contributed by atoms with Gasteiger partial charge in [0.2, 0.25) is 10.0 Å². The van der Waals surface area contributed by atoms with E-state index in [1.165, 1.54) is 0 Å². The normalized spacial score (nSPS) is 14.2. The Bertz CT molecular complexity index is 529. The third-order valence-corrected chi connectivity index (χ3v) is 4.67. The van der Waals surface area contributed by atoms with Gasteiger partial charge in [0.05, 0.1) is 5.75 Å². The van der Waals surface area contributed by atoms with Gasteiger partial charge in [-0.3, -0.25) is 0 Å². The van der Waals surface area contributed by atoms with Crippen molar-refractivity contribution in [1.29, 1.82) is 0 Å². The number of nitrogens with one attached hydrogen (secondary N) is 1. The van der Waals surface area contributed by atoms with Crippen molar-refractivity contribution in [2.75, 3.05) is 5.75 Å². The standard InChI is InChI=1S/C12H15BrF3NO2S/c1-9(10-3-5-11(13)6-4-10)17-20(18,19)8-2-7-12(14,15)16/h3-6,9,17H,2,7-8H2,1H3. The third kappa shape index (κ3) is 6.71. The summed E-state index contributed by atoms with van der Waals surface area (Å²) < 4.78 is 62.5. The summed E-state index contributed by atoms with van der Waals surface area (Å²) in [7, 11) is -3.72. The van der Waals surface area contributed by atoms with E-state index in [0.717, 1.165) is 10.0 Å². The molecule has 1 aromatic rings. The molecule has 0 saturated heterocycles. The van der Waals surface area contributed by atoms with E-state index in [4.69, 9.17) is 0 Å². The molecule has 3 nitrogen and oxygen atoms in total. The summed E-state index contributed by atoms with van der Waals surface area (Å²) >= 11 is 3.26. The van der Waals surface area contributed by atoms with Gasteiger partial charge >= 0.3 is 6.18 Å². The first-order valence-electron chi connectivity index (χ1n) is 5.91. The van der Waals surface area contributed by atoms with E-state index in [1.54, 1.807) is 31.2 Å². The highest BCUT2D eigenvalue weighted by Crippen LogP contribution is 2.22. The van der Waals surface area contributed by atoms with Gasteiger partial charge in [-0.15, -0.1) is 0 Å². The highest BCUT2D eigenvalue weighted by Gasteiger charge is 2.27. The van der Waals surface area contributed by atoms with Crippen molar-refractivity contribution in [3.8, 4) is 0 Å². The lowest BCUT2D eigenvalue weighted by molar-refractivity contribution is -0.134. The number of hydrogen-bond acceptors (Lipinski definition) is 2. The van der Waals surface area contributed by atoms with Crippen LogP contribution in [-0.4, -0.2) is 20.3 Å². The van der Waals surface area contributed by atoms with Crippen LogP contribution in [0.2, 0.25) is 0 Å². The predicted octanol–water partition coefficient (Wildman–Crippen LogP) is 3.77. The lowest BCUT2D eigenvalue weighted by Gasteiger charge is -2.15. The summed E-state index contributed by atoms with van der Waals surface area (Å²) in [6, 6.07) is 6.53. The van der Waals surface area contributed by atoms with Gasteiger partial charge in [-0.05, 0) is 31.0 Å². The average Bonchev–Trinajstić information content (AvgIpc) is 2.26. The Balaban J connectivity index is 2.55. The topological polar surface area (TPSA) is 46.2 Å². The van der Waals surface area contributed by atoms with E-state index in [0.29, 0.717) is 0 Å². The number of sulfonamides is 1. The molecule has 1 unspecified atom stereocenters. The minimum atomic E-state index is -4.33. The van der Waals surface area contributed by atoms with E-state index in [1.807, 2.05) is 0 Å². The van der Waals surface area contributed by atoms with Crippen LogP contribution in [0.3, 0.4) is 0 Å². The van der Waals surface area contributed by atoms with Crippen molar-refractivity contribution in [2.24, 2.45) is 0 Å². The van der Waals surface area contributed by atoms with E-state index < -0.39 is 40.8 Å². The van der Waals surface area contributed by atoms with E-state index in [2.05, 4.69) is 20.7 Å². The number of rotatable bonds is 6. The summed E-state index contributed by atoms with van der Waals surface area (Å²) in [5.41, 5.74) is 0.743. The first-order chi connectivity index (χ1) is 9.09. The third-order valence-electron chi connectivity index (χ3n) is 2.60. The maximum absolute atomic E-state index is 12.0. The molecule has 1 rings (SSSR count). The lowest BCUT2D eigenvalue weighted by atomic mass is 10.1. The maximum atomic E-state index is 12.0. The quantitative estimate of drug-likeness (QED) is 0.824. The van der Waals surface area contributed by atoms with Gasteiger partial charge in [-0.25, -0.2) is 13.1 Å². The second kappa shape index (κ2) is 6.91. The molecular weight excluding hydrogens is 359 g/mol. The first kappa shape index (κ1) is 17.5. The number of halogens is 4. The van der Waals surface area contributed by atoms with Crippen LogP contribution in [0.1, 0.15) is 31.4 Å². The Hall–Kier alpha value is -0.600. The number of alkyl halides is 3. The summed E-state index contributed by atoms with van der Waals surface area (Å²) in [5, 5.41) is 0. The minimum absolute atomic E-state index is 0.439. The average molecular weight is 374 g/mol. The number of benzene rings is 1. The molecule has 114 valence electrons.